The minimum Gasteiger partial charge on any atom is -0.478 e. The number of amides is 3. The molecule has 2 aromatic carbocycles. The highest BCUT2D eigenvalue weighted by Crippen LogP contribution is 2.29. The summed E-state index contributed by atoms with van der Waals surface area (Å²) in [5.74, 6) is -0.570. The van der Waals surface area contributed by atoms with Crippen molar-refractivity contribution < 1.29 is 23.9 Å². The third kappa shape index (κ3) is 5.61. The fourth-order valence-corrected chi connectivity index (χ4v) is 3.26. The second-order valence-electron chi connectivity index (χ2n) is 7.40. The Kier molecular flexibility index (Phi) is 7.25. The number of anilines is 2. The van der Waals surface area contributed by atoms with Crippen molar-refractivity contribution in [3.8, 4) is 5.75 Å². The maximum absolute atomic E-state index is 12.9. The monoisotopic (exact) mass is 425 g/mol. The van der Waals surface area contributed by atoms with E-state index >= 15 is 0 Å². The van der Waals surface area contributed by atoms with Gasteiger partial charge >= 0.3 is 0 Å². The van der Waals surface area contributed by atoms with Gasteiger partial charge in [0, 0.05) is 19.3 Å². The van der Waals surface area contributed by atoms with Gasteiger partial charge in [0.05, 0.1) is 25.3 Å². The van der Waals surface area contributed by atoms with Crippen molar-refractivity contribution >= 4 is 29.1 Å². The van der Waals surface area contributed by atoms with Crippen LogP contribution in [0, 0.1) is 13.8 Å². The predicted molar refractivity (Wildman–Crippen MR) is 117 cm³/mol. The van der Waals surface area contributed by atoms with Crippen molar-refractivity contribution in [1.29, 1.82) is 0 Å². The predicted octanol–water partition coefficient (Wildman–Crippen LogP) is 2.51. The first kappa shape index (κ1) is 22.3. The molecule has 1 atom stereocenters. The highest BCUT2D eigenvalue weighted by Gasteiger charge is 2.31. The summed E-state index contributed by atoms with van der Waals surface area (Å²) in [6.07, 6.45) is -1.14. The normalized spacial score (nSPS) is 14.8. The molecule has 31 heavy (non-hydrogen) atoms. The average Bonchev–Trinajstić information content (AvgIpc) is 2.74. The molecule has 3 amide bonds. The molecule has 2 aromatic rings. The van der Waals surface area contributed by atoms with Crippen molar-refractivity contribution in [3.05, 3.63) is 53.6 Å². The van der Waals surface area contributed by atoms with Gasteiger partial charge in [0.1, 0.15) is 5.75 Å². The number of hydrogen-bond donors (Lipinski definition) is 2. The van der Waals surface area contributed by atoms with E-state index in [4.69, 9.17) is 9.47 Å². The number of aryl methyl sites for hydroxylation is 1. The lowest BCUT2D eigenvalue weighted by atomic mass is 10.1. The number of carbonyl (C=O) groups is 3. The largest absolute Gasteiger partial charge is 0.478 e. The van der Waals surface area contributed by atoms with Gasteiger partial charge in [0.15, 0.2) is 6.10 Å². The lowest BCUT2D eigenvalue weighted by Gasteiger charge is -2.28. The third-order valence-corrected chi connectivity index (χ3v) is 5.20. The topological polar surface area (TPSA) is 97.0 Å². The number of fused-ring (bicyclic) bond motifs is 1. The Bertz CT molecular complexity index is 975. The van der Waals surface area contributed by atoms with Gasteiger partial charge in [-0.15, -0.1) is 0 Å². The molecule has 1 heterocycles. The summed E-state index contributed by atoms with van der Waals surface area (Å²) in [6, 6.07) is 12.7. The Morgan fingerprint density at radius 1 is 1.16 bits per heavy atom. The van der Waals surface area contributed by atoms with E-state index in [0.717, 1.165) is 11.1 Å². The molecule has 1 aliphatic heterocycles. The molecule has 3 rings (SSSR count). The summed E-state index contributed by atoms with van der Waals surface area (Å²) in [5, 5.41) is 5.60. The van der Waals surface area contributed by atoms with Gasteiger partial charge in [-0.2, -0.15) is 0 Å². The van der Waals surface area contributed by atoms with Crippen LogP contribution in [-0.2, 0) is 19.1 Å². The molecule has 0 spiro atoms. The van der Waals surface area contributed by atoms with Gasteiger partial charge in [-0.1, -0.05) is 24.3 Å². The van der Waals surface area contributed by atoms with Crippen LogP contribution in [0.5, 0.6) is 5.75 Å². The maximum atomic E-state index is 12.9. The zero-order valence-electron chi connectivity index (χ0n) is 17.9. The van der Waals surface area contributed by atoms with E-state index in [-0.39, 0.29) is 37.9 Å². The molecule has 8 nitrogen and oxygen atoms in total. The van der Waals surface area contributed by atoms with Crippen LogP contribution < -0.4 is 15.4 Å². The summed E-state index contributed by atoms with van der Waals surface area (Å²) in [7, 11) is 1.52. The van der Waals surface area contributed by atoms with Gasteiger partial charge in [-0.3, -0.25) is 14.4 Å². The van der Waals surface area contributed by atoms with E-state index < -0.39 is 12.0 Å². The fraction of sp³-hybridized carbons (Fsp3) is 0.348. The molecule has 8 heteroatoms. The van der Waals surface area contributed by atoms with Crippen LogP contribution in [-0.4, -0.2) is 55.5 Å². The number of hydrogen-bond acceptors (Lipinski definition) is 5. The van der Waals surface area contributed by atoms with Crippen molar-refractivity contribution in [1.82, 2.24) is 4.90 Å². The molecule has 0 aliphatic carbocycles. The van der Waals surface area contributed by atoms with Gasteiger partial charge in [0.2, 0.25) is 11.8 Å². The van der Waals surface area contributed by atoms with E-state index in [9.17, 15) is 14.4 Å². The van der Waals surface area contributed by atoms with Crippen LogP contribution in [0.4, 0.5) is 11.4 Å². The van der Waals surface area contributed by atoms with Crippen molar-refractivity contribution in [2.24, 2.45) is 0 Å². The standard InChI is InChI=1S/C23H27N3O5/c1-15-7-6-9-17(16(15)2)24-21(27)14-26(11-12-30-3)22(28)13-20-23(29)25-18-8-4-5-10-19(18)31-20/h4-10,20H,11-14H2,1-3H3,(H,24,27)(H,25,29). The minimum absolute atomic E-state index is 0.152. The Balaban J connectivity index is 1.65. The Morgan fingerprint density at radius 2 is 1.94 bits per heavy atom. The third-order valence-electron chi connectivity index (χ3n) is 5.20. The van der Waals surface area contributed by atoms with Crippen LogP contribution in [0.25, 0.3) is 0 Å². The Labute approximate surface area is 181 Å². The van der Waals surface area contributed by atoms with Crippen LogP contribution >= 0.6 is 0 Å². The summed E-state index contributed by atoms with van der Waals surface area (Å²) >= 11 is 0. The second kappa shape index (κ2) is 10.1. The lowest BCUT2D eigenvalue weighted by Crippen LogP contribution is -2.45. The number of rotatable bonds is 8. The summed E-state index contributed by atoms with van der Waals surface area (Å²) < 4.78 is 10.8. The highest BCUT2D eigenvalue weighted by atomic mass is 16.5. The van der Waals surface area contributed by atoms with E-state index in [1.165, 1.54) is 12.0 Å². The van der Waals surface area contributed by atoms with E-state index in [0.29, 0.717) is 17.1 Å². The second-order valence-corrected chi connectivity index (χ2v) is 7.40. The molecule has 1 unspecified atom stereocenters. The van der Waals surface area contributed by atoms with Crippen molar-refractivity contribution in [3.63, 3.8) is 0 Å². The smallest absolute Gasteiger partial charge is 0.266 e. The molecule has 1 aliphatic rings. The van der Waals surface area contributed by atoms with Gasteiger partial charge < -0.3 is 25.0 Å². The molecular formula is C23H27N3O5. The van der Waals surface area contributed by atoms with E-state index in [2.05, 4.69) is 10.6 Å². The van der Waals surface area contributed by atoms with Gasteiger partial charge in [-0.05, 0) is 43.2 Å². The Hall–Kier alpha value is -3.39. The number of methoxy groups -OCH3 is 1. The first-order valence-corrected chi connectivity index (χ1v) is 10.1. The zero-order chi connectivity index (χ0) is 22.4. The number of nitrogens with one attached hydrogen (secondary N) is 2. The molecule has 0 aromatic heterocycles. The number of ether oxygens (including phenoxy) is 2. The fourth-order valence-electron chi connectivity index (χ4n) is 3.26. The number of para-hydroxylation sites is 2. The molecule has 0 bridgehead atoms. The first-order chi connectivity index (χ1) is 14.9. The summed E-state index contributed by atoms with van der Waals surface area (Å²) in [4.78, 5) is 39.3. The van der Waals surface area contributed by atoms with Gasteiger partial charge in [0.25, 0.3) is 5.91 Å². The first-order valence-electron chi connectivity index (χ1n) is 10.1. The molecular weight excluding hydrogens is 398 g/mol. The van der Waals surface area contributed by atoms with Gasteiger partial charge in [-0.25, -0.2) is 0 Å². The SMILES string of the molecule is COCCN(CC(=O)Nc1cccc(C)c1C)C(=O)CC1Oc2ccccc2NC1=O. The average molecular weight is 425 g/mol. The van der Waals surface area contributed by atoms with Crippen LogP contribution in [0.1, 0.15) is 17.5 Å². The molecule has 0 saturated carbocycles. The zero-order valence-corrected chi connectivity index (χ0v) is 17.9. The number of nitrogens with zero attached hydrogens (tertiary/aromatic N) is 1. The highest BCUT2D eigenvalue weighted by molar-refractivity contribution is 6.00. The molecule has 0 fully saturated rings. The van der Waals surface area contributed by atoms with Crippen molar-refractivity contribution in [2.75, 3.05) is 37.4 Å². The van der Waals surface area contributed by atoms with Crippen LogP contribution in [0.15, 0.2) is 42.5 Å². The van der Waals surface area contributed by atoms with Crippen LogP contribution in [0.3, 0.4) is 0 Å². The van der Waals surface area contributed by atoms with E-state index in [1.807, 2.05) is 32.0 Å². The minimum atomic E-state index is -0.963. The number of benzene rings is 2. The molecule has 164 valence electrons. The summed E-state index contributed by atoms with van der Waals surface area (Å²) in [5.41, 5.74) is 3.30. The summed E-state index contributed by atoms with van der Waals surface area (Å²) in [6.45, 7) is 4.23. The van der Waals surface area contributed by atoms with Crippen molar-refractivity contribution in [2.45, 2.75) is 26.4 Å². The lowest BCUT2D eigenvalue weighted by molar-refractivity contribution is -0.139. The molecule has 2 N–H and O–H groups in total. The van der Waals surface area contributed by atoms with E-state index in [1.54, 1.807) is 24.3 Å². The van der Waals surface area contributed by atoms with Crippen LogP contribution in [0.2, 0.25) is 0 Å². The molecule has 0 saturated heterocycles. The Morgan fingerprint density at radius 3 is 2.71 bits per heavy atom. The maximum Gasteiger partial charge on any atom is 0.266 e. The quantitative estimate of drug-likeness (QED) is 0.677. The molecule has 0 radical (unpaired) electrons. The number of carbonyl (C=O) groups excluding carboxylic acids is 3.